The number of aryl methyl sites for hydroxylation is 3. The number of aromatic amines is 1. The Hall–Kier alpha value is -1.58. The molecule has 4 nitrogen and oxygen atoms in total. The van der Waals surface area contributed by atoms with Gasteiger partial charge in [-0.1, -0.05) is 0 Å². The smallest absolute Gasteiger partial charge is 0.259 e. The molecule has 0 aliphatic heterocycles. The number of nitrogens with zero attached hydrogens (tertiary/aromatic N) is 2. The zero-order valence-corrected chi connectivity index (χ0v) is 8.71. The minimum absolute atomic E-state index is 0.0388. The first-order chi connectivity index (χ1) is 7.25. The van der Waals surface area contributed by atoms with E-state index in [0.717, 1.165) is 36.3 Å². The van der Waals surface area contributed by atoms with Gasteiger partial charge >= 0.3 is 0 Å². The molecule has 2 aromatic rings. The Kier molecular flexibility index (Phi) is 1.71. The lowest BCUT2D eigenvalue weighted by Crippen LogP contribution is -2.17. The maximum atomic E-state index is 11.8. The molecular weight excluding hydrogens is 190 g/mol. The first-order valence-electron chi connectivity index (χ1n) is 5.36. The van der Waals surface area contributed by atoms with Crippen LogP contribution in [-0.2, 0) is 12.8 Å². The van der Waals surface area contributed by atoms with Crippen LogP contribution < -0.4 is 5.56 Å². The number of H-pyrrole nitrogens is 1. The van der Waals surface area contributed by atoms with E-state index in [9.17, 15) is 4.79 Å². The summed E-state index contributed by atoms with van der Waals surface area (Å²) in [5.74, 6) is 0.701. The van der Waals surface area contributed by atoms with Gasteiger partial charge in [0.2, 0.25) is 5.78 Å². The van der Waals surface area contributed by atoms with Gasteiger partial charge in [-0.25, -0.2) is 9.38 Å². The fraction of sp³-hybridized carbons (Fsp3) is 0.455. The summed E-state index contributed by atoms with van der Waals surface area (Å²) in [5, 5.41) is 0. The van der Waals surface area contributed by atoms with Crippen LogP contribution in [0.4, 0.5) is 0 Å². The topological polar surface area (TPSA) is 50.2 Å². The zero-order chi connectivity index (χ0) is 10.4. The highest BCUT2D eigenvalue weighted by atomic mass is 16.1. The summed E-state index contributed by atoms with van der Waals surface area (Å²) in [4.78, 5) is 19.5. The van der Waals surface area contributed by atoms with E-state index in [1.807, 2.05) is 6.92 Å². The highest BCUT2D eigenvalue weighted by Crippen LogP contribution is 2.20. The fourth-order valence-corrected chi connectivity index (χ4v) is 2.32. The van der Waals surface area contributed by atoms with Gasteiger partial charge in [-0.05, 0) is 32.6 Å². The van der Waals surface area contributed by atoms with Crippen molar-refractivity contribution in [2.45, 2.75) is 32.6 Å². The van der Waals surface area contributed by atoms with Crippen molar-refractivity contribution in [3.63, 3.8) is 0 Å². The van der Waals surface area contributed by atoms with E-state index in [-0.39, 0.29) is 5.56 Å². The Morgan fingerprint density at radius 3 is 3.07 bits per heavy atom. The molecule has 1 aliphatic carbocycles. The number of imidazole rings is 1. The number of hydrogen-bond acceptors (Lipinski definition) is 2. The molecule has 1 N–H and O–H groups in total. The van der Waals surface area contributed by atoms with Crippen LogP contribution in [0.2, 0.25) is 0 Å². The van der Waals surface area contributed by atoms with Crippen molar-refractivity contribution in [2.75, 3.05) is 0 Å². The molecule has 2 aromatic heterocycles. The SMILES string of the molecule is Cc1cc(=O)n2c3c(nc2[nH]1)CCCC3. The predicted octanol–water partition coefficient (Wildman–Crippen LogP) is 1.21. The summed E-state index contributed by atoms with van der Waals surface area (Å²) >= 11 is 0. The third-order valence-corrected chi connectivity index (χ3v) is 3.00. The molecule has 0 fully saturated rings. The molecule has 0 aromatic carbocycles. The second-order valence-electron chi connectivity index (χ2n) is 4.16. The number of hydrogen-bond donors (Lipinski definition) is 1. The largest absolute Gasteiger partial charge is 0.329 e. The van der Waals surface area contributed by atoms with Crippen LogP contribution in [0, 0.1) is 6.92 Å². The Balaban J connectivity index is 2.42. The summed E-state index contributed by atoms with van der Waals surface area (Å²) in [7, 11) is 0. The molecular formula is C11H13N3O. The van der Waals surface area contributed by atoms with Gasteiger partial charge in [0.15, 0.2) is 0 Å². The van der Waals surface area contributed by atoms with Gasteiger partial charge in [-0.3, -0.25) is 4.79 Å². The molecule has 0 unspecified atom stereocenters. The second-order valence-corrected chi connectivity index (χ2v) is 4.16. The van der Waals surface area contributed by atoms with Gasteiger partial charge in [-0.2, -0.15) is 0 Å². The Bertz CT molecular complexity index is 579. The molecule has 0 spiro atoms. The van der Waals surface area contributed by atoms with E-state index >= 15 is 0 Å². The maximum Gasteiger partial charge on any atom is 0.259 e. The van der Waals surface area contributed by atoms with E-state index < -0.39 is 0 Å². The normalized spacial score (nSPS) is 15.5. The molecule has 0 amide bonds. The van der Waals surface area contributed by atoms with E-state index in [0.29, 0.717) is 5.78 Å². The third kappa shape index (κ3) is 1.21. The molecule has 3 rings (SSSR count). The van der Waals surface area contributed by atoms with Gasteiger partial charge < -0.3 is 4.98 Å². The van der Waals surface area contributed by atoms with Crippen LogP contribution >= 0.6 is 0 Å². The molecule has 0 radical (unpaired) electrons. The Morgan fingerprint density at radius 2 is 2.20 bits per heavy atom. The third-order valence-electron chi connectivity index (χ3n) is 3.00. The molecule has 1 aliphatic rings. The lowest BCUT2D eigenvalue weighted by atomic mass is 10.0. The van der Waals surface area contributed by atoms with Crippen LogP contribution in [0.1, 0.15) is 29.9 Å². The molecule has 78 valence electrons. The van der Waals surface area contributed by atoms with Gasteiger partial charge in [0.1, 0.15) is 0 Å². The number of rotatable bonds is 0. The minimum atomic E-state index is 0.0388. The zero-order valence-electron chi connectivity index (χ0n) is 8.71. The van der Waals surface area contributed by atoms with Gasteiger partial charge in [0, 0.05) is 11.8 Å². The van der Waals surface area contributed by atoms with Crippen LogP contribution in [0.15, 0.2) is 10.9 Å². The van der Waals surface area contributed by atoms with Crippen molar-refractivity contribution < 1.29 is 0 Å². The maximum absolute atomic E-state index is 11.8. The number of nitrogens with one attached hydrogen (secondary N) is 1. The Morgan fingerprint density at radius 1 is 1.40 bits per heavy atom. The highest BCUT2D eigenvalue weighted by molar-refractivity contribution is 5.37. The molecule has 15 heavy (non-hydrogen) atoms. The fourth-order valence-electron chi connectivity index (χ4n) is 2.32. The van der Waals surface area contributed by atoms with Crippen molar-refractivity contribution >= 4 is 5.78 Å². The quantitative estimate of drug-likeness (QED) is 0.699. The standard InChI is InChI=1S/C11H13N3O/c1-7-6-10(15)14-9-5-3-2-4-8(9)13-11(14)12-7/h6H,2-5H2,1H3,(H,12,13). The van der Waals surface area contributed by atoms with Gasteiger partial charge in [0.05, 0.1) is 11.4 Å². The van der Waals surface area contributed by atoms with Crippen molar-refractivity contribution in [1.82, 2.24) is 14.4 Å². The molecule has 2 heterocycles. The summed E-state index contributed by atoms with van der Waals surface area (Å²) in [6.07, 6.45) is 4.32. The van der Waals surface area contributed by atoms with Crippen LogP contribution in [0.3, 0.4) is 0 Å². The summed E-state index contributed by atoms with van der Waals surface area (Å²) in [6.45, 7) is 1.88. The minimum Gasteiger partial charge on any atom is -0.329 e. The van der Waals surface area contributed by atoms with E-state index in [1.165, 1.54) is 6.42 Å². The Labute approximate surface area is 87.0 Å². The molecule has 0 atom stereocenters. The lowest BCUT2D eigenvalue weighted by Gasteiger charge is -2.09. The van der Waals surface area contributed by atoms with Gasteiger partial charge in [-0.15, -0.1) is 0 Å². The number of aromatic nitrogens is 3. The van der Waals surface area contributed by atoms with E-state index in [4.69, 9.17) is 0 Å². The average molecular weight is 203 g/mol. The van der Waals surface area contributed by atoms with Crippen LogP contribution in [0.5, 0.6) is 0 Å². The van der Waals surface area contributed by atoms with Crippen molar-refractivity contribution in [3.05, 3.63) is 33.5 Å². The first-order valence-corrected chi connectivity index (χ1v) is 5.36. The summed E-state index contributed by atoms with van der Waals surface area (Å²) in [5.41, 5.74) is 3.12. The van der Waals surface area contributed by atoms with Gasteiger partial charge in [0.25, 0.3) is 5.56 Å². The first kappa shape index (κ1) is 8.71. The lowest BCUT2D eigenvalue weighted by molar-refractivity contribution is 0.657. The summed E-state index contributed by atoms with van der Waals surface area (Å²) < 4.78 is 1.72. The van der Waals surface area contributed by atoms with Crippen molar-refractivity contribution in [2.24, 2.45) is 0 Å². The second kappa shape index (κ2) is 2.95. The van der Waals surface area contributed by atoms with Crippen LogP contribution in [-0.4, -0.2) is 14.4 Å². The van der Waals surface area contributed by atoms with E-state index in [1.54, 1.807) is 10.5 Å². The van der Waals surface area contributed by atoms with Crippen molar-refractivity contribution in [3.8, 4) is 0 Å². The molecule has 0 bridgehead atoms. The van der Waals surface area contributed by atoms with E-state index in [2.05, 4.69) is 9.97 Å². The van der Waals surface area contributed by atoms with Crippen LogP contribution in [0.25, 0.3) is 5.78 Å². The molecule has 0 saturated carbocycles. The predicted molar refractivity (Wildman–Crippen MR) is 57.2 cm³/mol. The molecule has 0 saturated heterocycles. The average Bonchev–Trinajstić information content (AvgIpc) is 2.54. The van der Waals surface area contributed by atoms with Crippen molar-refractivity contribution in [1.29, 1.82) is 0 Å². The number of fused-ring (bicyclic) bond motifs is 3. The molecule has 4 heteroatoms. The highest BCUT2D eigenvalue weighted by Gasteiger charge is 2.17. The summed E-state index contributed by atoms with van der Waals surface area (Å²) in [6, 6.07) is 1.63. The monoisotopic (exact) mass is 203 g/mol.